The first-order chi connectivity index (χ1) is 14.2. The van der Waals surface area contributed by atoms with Crippen molar-refractivity contribution in [3.05, 3.63) is 35.5 Å². The number of benzene rings is 1. The van der Waals surface area contributed by atoms with Gasteiger partial charge in [0.05, 0.1) is 5.69 Å². The summed E-state index contributed by atoms with van der Waals surface area (Å²) in [6.45, 7) is 9.80. The predicted octanol–water partition coefficient (Wildman–Crippen LogP) is 2.84. The number of hydrogen-bond donors (Lipinski definition) is 1. The topological polar surface area (TPSA) is 53.4 Å². The van der Waals surface area contributed by atoms with Gasteiger partial charge in [0, 0.05) is 61.5 Å². The fourth-order valence-corrected chi connectivity index (χ4v) is 5.37. The zero-order valence-electron chi connectivity index (χ0n) is 17.5. The molecule has 6 nitrogen and oxygen atoms in total. The van der Waals surface area contributed by atoms with Gasteiger partial charge in [-0.2, -0.15) is 5.10 Å². The van der Waals surface area contributed by atoms with E-state index in [9.17, 15) is 4.79 Å². The van der Waals surface area contributed by atoms with Gasteiger partial charge in [0.2, 0.25) is 0 Å². The number of fused-ring (bicyclic) bond motifs is 3. The lowest BCUT2D eigenvalue weighted by Gasteiger charge is -2.34. The SMILES string of the molecule is CCCN1CCN(CCCNC(=O)c2nn(C)c3c2CSc2ccccc2-3)CC1. The van der Waals surface area contributed by atoms with Crippen LogP contribution in [0.15, 0.2) is 29.2 Å². The van der Waals surface area contributed by atoms with Crippen molar-refractivity contribution in [3.8, 4) is 11.3 Å². The van der Waals surface area contributed by atoms with Crippen molar-refractivity contribution in [2.75, 3.05) is 45.8 Å². The van der Waals surface area contributed by atoms with E-state index in [0.29, 0.717) is 12.2 Å². The second-order valence-corrected chi connectivity index (χ2v) is 8.89. The molecule has 3 heterocycles. The number of aryl methyl sites for hydroxylation is 1. The van der Waals surface area contributed by atoms with Crippen LogP contribution < -0.4 is 5.32 Å². The van der Waals surface area contributed by atoms with E-state index in [1.54, 1.807) is 11.8 Å². The number of carbonyl (C=O) groups is 1. The minimum atomic E-state index is -0.0467. The monoisotopic (exact) mass is 413 g/mol. The summed E-state index contributed by atoms with van der Waals surface area (Å²) in [7, 11) is 1.93. The van der Waals surface area contributed by atoms with E-state index < -0.39 is 0 Å². The van der Waals surface area contributed by atoms with Crippen molar-refractivity contribution in [3.63, 3.8) is 0 Å². The zero-order chi connectivity index (χ0) is 20.2. The van der Waals surface area contributed by atoms with Gasteiger partial charge >= 0.3 is 0 Å². The molecule has 4 rings (SSSR count). The zero-order valence-corrected chi connectivity index (χ0v) is 18.3. The highest BCUT2D eigenvalue weighted by Crippen LogP contribution is 2.42. The van der Waals surface area contributed by atoms with Gasteiger partial charge in [-0.15, -0.1) is 11.8 Å². The van der Waals surface area contributed by atoms with Crippen LogP contribution in [0.1, 0.15) is 35.8 Å². The maximum absolute atomic E-state index is 12.8. The molecular formula is C22H31N5OS. The third kappa shape index (κ3) is 4.52. The summed E-state index contributed by atoms with van der Waals surface area (Å²) < 4.78 is 1.86. The average molecular weight is 414 g/mol. The lowest BCUT2D eigenvalue weighted by atomic mass is 10.1. The Labute approximate surface area is 177 Å². The molecule has 7 heteroatoms. The molecule has 29 heavy (non-hydrogen) atoms. The van der Waals surface area contributed by atoms with Gasteiger partial charge in [-0.1, -0.05) is 25.1 Å². The molecule has 2 aliphatic heterocycles. The largest absolute Gasteiger partial charge is 0.351 e. The Morgan fingerprint density at radius 1 is 1.14 bits per heavy atom. The number of rotatable bonds is 7. The van der Waals surface area contributed by atoms with Gasteiger partial charge in [-0.25, -0.2) is 0 Å². The molecule has 1 aromatic carbocycles. The Balaban J connectivity index is 1.30. The molecule has 2 aromatic rings. The van der Waals surface area contributed by atoms with Gasteiger partial charge in [-0.05, 0) is 32.0 Å². The van der Waals surface area contributed by atoms with Crippen molar-refractivity contribution in [1.82, 2.24) is 24.9 Å². The van der Waals surface area contributed by atoms with E-state index in [2.05, 4.69) is 45.3 Å². The highest BCUT2D eigenvalue weighted by molar-refractivity contribution is 7.98. The summed E-state index contributed by atoms with van der Waals surface area (Å²) in [5, 5.41) is 7.65. The van der Waals surface area contributed by atoms with E-state index in [1.165, 1.54) is 36.5 Å². The molecule has 0 aliphatic carbocycles. The molecule has 0 radical (unpaired) electrons. The van der Waals surface area contributed by atoms with Crippen LogP contribution in [0.4, 0.5) is 0 Å². The van der Waals surface area contributed by atoms with Gasteiger partial charge in [-0.3, -0.25) is 9.48 Å². The number of amides is 1. The summed E-state index contributed by atoms with van der Waals surface area (Å²) in [6, 6.07) is 8.36. The Bertz CT molecular complexity index is 857. The molecule has 156 valence electrons. The number of nitrogens with zero attached hydrogens (tertiary/aromatic N) is 4. The predicted molar refractivity (Wildman–Crippen MR) is 118 cm³/mol. The standard InChI is InChI=1S/C22H31N5OS/c1-3-10-26-12-14-27(15-13-26)11-6-9-23-22(28)20-18-16-29-19-8-5-4-7-17(19)21(18)25(2)24-20/h4-5,7-8H,3,6,9-16H2,1-2H3,(H,23,28). The fourth-order valence-electron chi connectivity index (χ4n) is 4.30. The van der Waals surface area contributed by atoms with E-state index in [0.717, 1.165) is 43.1 Å². The van der Waals surface area contributed by atoms with E-state index in [1.807, 2.05) is 17.8 Å². The molecule has 2 aliphatic rings. The van der Waals surface area contributed by atoms with Crippen molar-refractivity contribution in [2.45, 2.75) is 30.4 Å². The molecule has 1 saturated heterocycles. The van der Waals surface area contributed by atoms with Crippen LogP contribution in [0.25, 0.3) is 11.3 Å². The van der Waals surface area contributed by atoms with Crippen LogP contribution in [0.5, 0.6) is 0 Å². The molecule has 1 amide bonds. The van der Waals surface area contributed by atoms with Gasteiger partial charge in [0.15, 0.2) is 5.69 Å². The second kappa shape index (κ2) is 9.32. The molecule has 0 unspecified atom stereocenters. The van der Waals surface area contributed by atoms with Crippen LogP contribution in [0, 0.1) is 0 Å². The third-order valence-corrected chi connectivity index (χ3v) is 6.92. The molecule has 0 spiro atoms. The summed E-state index contributed by atoms with van der Waals surface area (Å²) in [4.78, 5) is 19.1. The summed E-state index contributed by atoms with van der Waals surface area (Å²) in [6.07, 6.45) is 2.21. The van der Waals surface area contributed by atoms with Crippen LogP contribution >= 0.6 is 11.8 Å². The molecule has 0 saturated carbocycles. The average Bonchev–Trinajstić information content (AvgIpc) is 3.09. The van der Waals surface area contributed by atoms with Crippen LogP contribution in [0.3, 0.4) is 0 Å². The van der Waals surface area contributed by atoms with Crippen LogP contribution in [-0.4, -0.2) is 71.3 Å². The number of thioether (sulfide) groups is 1. The minimum absolute atomic E-state index is 0.0467. The smallest absolute Gasteiger partial charge is 0.272 e. The first kappa shape index (κ1) is 20.4. The van der Waals surface area contributed by atoms with Gasteiger partial charge < -0.3 is 15.1 Å². The molecule has 1 N–H and O–H groups in total. The van der Waals surface area contributed by atoms with Crippen molar-refractivity contribution < 1.29 is 4.79 Å². The maximum Gasteiger partial charge on any atom is 0.272 e. The van der Waals surface area contributed by atoms with Crippen LogP contribution in [0.2, 0.25) is 0 Å². The minimum Gasteiger partial charge on any atom is -0.351 e. The van der Waals surface area contributed by atoms with E-state index >= 15 is 0 Å². The van der Waals surface area contributed by atoms with Crippen molar-refractivity contribution in [1.29, 1.82) is 0 Å². The first-order valence-electron chi connectivity index (χ1n) is 10.7. The van der Waals surface area contributed by atoms with Crippen molar-refractivity contribution in [2.24, 2.45) is 7.05 Å². The number of carbonyl (C=O) groups excluding carboxylic acids is 1. The molecule has 0 atom stereocenters. The highest BCUT2D eigenvalue weighted by atomic mass is 32.2. The Morgan fingerprint density at radius 2 is 1.86 bits per heavy atom. The second-order valence-electron chi connectivity index (χ2n) is 7.88. The summed E-state index contributed by atoms with van der Waals surface area (Å²) in [5.74, 6) is 0.750. The van der Waals surface area contributed by atoms with Crippen LogP contribution in [-0.2, 0) is 12.8 Å². The number of nitrogens with one attached hydrogen (secondary N) is 1. The Kier molecular flexibility index (Phi) is 6.57. The first-order valence-corrected chi connectivity index (χ1v) is 11.7. The molecular weight excluding hydrogens is 382 g/mol. The number of aromatic nitrogens is 2. The van der Waals surface area contributed by atoms with E-state index in [4.69, 9.17) is 0 Å². The van der Waals surface area contributed by atoms with E-state index in [-0.39, 0.29) is 5.91 Å². The quantitative estimate of drug-likeness (QED) is 0.708. The third-order valence-electron chi connectivity index (χ3n) is 5.82. The maximum atomic E-state index is 12.8. The van der Waals surface area contributed by atoms with Gasteiger partial charge in [0.25, 0.3) is 5.91 Å². The molecule has 1 aromatic heterocycles. The lowest BCUT2D eigenvalue weighted by Crippen LogP contribution is -2.47. The number of piperazine rings is 1. The van der Waals surface area contributed by atoms with Gasteiger partial charge in [0.1, 0.15) is 0 Å². The Hall–Kier alpha value is -1.83. The Morgan fingerprint density at radius 3 is 2.62 bits per heavy atom. The lowest BCUT2D eigenvalue weighted by molar-refractivity contribution is 0.0941. The molecule has 0 bridgehead atoms. The summed E-state index contributed by atoms with van der Waals surface area (Å²) >= 11 is 1.78. The highest BCUT2D eigenvalue weighted by Gasteiger charge is 2.27. The fraction of sp³-hybridized carbons (Fsp3) is 0.545. The van der Waals surface area contributed by atoms with Crippen molar-refractivity contribution >= 4 is 17.7 Å². The molecule has 1 fully saturated rings. The number of hydrogen-bond acceptors (Lipinski definition) is 5. The normalized spacial score (nSPS) is 17.0. The summed E-state index contributed by atoms with van der Waals surface area (Å²) in [5.41, 5.74) is 3.89.